The lowest BCUT2D eigenvalue weighted by Crippen LogP contribution is -2.48. The SMILES string of the molecule is CC(C)C(C(=O)N1CCCN(C)CC1C)C(N)=S. The quantitative estimate of drug-likeness (QED) is 0.781. The molecule has 0 bridgehead atoms. The molecule has 2 atom stereocenters. The van der Waals surface area contributed by atoms with Gasteiger partial charge in [0, 0.05) is 19.1 Å². The summed E-state index contributed by atoms with van der Waals surface area (Å²) >= 11 is 5.05. The average Bonchev–Trinajstić information content (AvgIpc) is 2.37. The Kier molecular flexibility index (Phi) is 5.53. The van der Waals surface area contributed by atoms with Gasteiger partial charge in [0.05, 0.1) is 10.9 Å². The molecule has 0 radical (unpaired) electrons. The number of carbonyl (C=O) groups excluding carboxylic acids is 1. The second-order valence-electron chi connectivity index (χ2n) is 5.62. The summed E-state index contributed by atoms with van der Waals surface area (Å²) in [5.41, 5.74) is 5.73. The number of carbonyl (C=O) groups is 1. The molecule has 2 unspecified atom stereocenters. The van der Waals surface area contributed by atoms with Crippen LogP contribution in [0.3, 0.4) is 0 Å². The first-order valence-corrected chi connectivity index (χ1v) is 7.03. The van der Waals surface area contributed by atoms with Crippen molar-refractivity contribution in [1.82, 2.24) is 9.80 Å². The van der Waals surface area contributed by atoms with Crippen molar-refractivity contribution in [2.75, 3.05) is 26.7 Å². The number of amides is 1. The molecule has 0 aromatic heterocycles. The molecule has 4 nitrogen and oxygen atoms in total. The van der Waals surface area contributed by atoms with Gasteiger partial charge in [0.15, 0.2) is 0 Å². The topological polar surface area (TPSA) is 49.6 Å². The largest absolute Gasteiger partial charge is 0.393 e. The lowest BCUT2D eigenvalue weighted by molar-refractivity contribution is -0.136. The van der Waals surface area contributed by atoms with E-state index in [1.165, 1.54) is 0 Å². The molecule has 2 N–H and O–H groups in total. The van der Waals surface area contributed by atoms with Crippen LogP contribution in [0.25, 0.3) is 0 Å². The third-order valence-electron chi connectivity index (χ3n) is 3.57. The molecule has 1 heterocycles. The summed E-state index contributed by atoms with van der Waals surface area (Å²) in [7, 11) is 2.10. The highest BCUT2D eigenvalue weighted by Crippen LogP contribution is 2.19. The molecule has 1 saturated heterocycles. The number of hydrogen-bond acceptors (Lipinski definition) is 3. The predicted octanol–water partition coefficient (Wildman–Crippen LogP) is 1.10. The lowest BCUT2D eigenvalue weighted by Gasteiger charge is -2.32. The van der Waals surface area contributed by atoms with E-state index >= 15 is 0 Å². The molecule has 0 aromatic carbocycles. The van der Waals surface area contributed by atoms with E-state index in [0.717, 1.165) is 26.1 Å². The first-order valence-electron chi connectivity index (χ1n) is 6.63. The van der Waals surface area contributed by atoms with Gasteiger partial charge < -0.3 is 15.5 Å². The Hall–Kier alpha value is -0.680. The predicted molar refractivity (Wildman–Crippen MR) is 78.4 cm³/mol. The Morgan fingerprint density at radius 2 is 2.00 bits per heavy atom. The van der Waals surface area contributed by atoms with Gasteiger partial charge in [-0.05, 0) is 32.9 Å². The van der Waals surface area contributed by atoms with E-state index in [0.29, 0.717) is 4.99 Å². The van der Waals surface area contributed by atoms with Crippen LogP contribution < -0.4 is 5.73 Å². The second kappa shape index (κ2) is 6.48. The molecule has 1 fully saturated rings. The van der Waals surface area contributed by atoms with Crippen LogP contribution in [-0.4, -0.2) is 53.4 Å². The lowest BCUT2D eigenvalue weighted by atomic mass is 9.93. The third kappa shape index (κ3) is 3.65. The van der Waals surface area contributed by atoms with Gasteiger partial charge in [-0.2, -0.15) is 0 Å². The molecule has 1 aliphatic heterocycles. The maximum absolute atomic E-state index is 12.6. The van der Waals surface area contributed by atoms with Crippen LogP contribution >= 0.6 is 12.2 Å². The van der Waals surface area contributed by atoms with E-state index in [1.54, 1.807) is 0 Å². The number of thiocarbonyl (C=S) groups is 1. The van der Waals surface area contributed by atoms with Crippen molar-refractivity contribution in [3.63, 3.8) is 0 Å². The highest BCUT2D eigenvalue weighted by Gasteiger charge is 2.32. The summed E-state index contributed by atoms with van der Waals surface area (Å²) in [6, 6.07) is 0.223. The van der Waals surface area contributed by atoms with E-state index in [2.05, 4.69) is 18.9 Å². The number of nitrogens with zero attached hydrogens (tertiary/aromatic N) is 2. The maximum Gasteiger partial charge on any atom is 0.233 e. The van der Waals surface area contributed by atoms with Gasteiger partial charge in [0.2, 0.25) is 5.91 Å². The first kappa shape index (κ1) is 15.4. The Balaban J connectivity index is 2.83. The van der Waals surface area contributed by atoms with Gasteiger partial charge in [0.25, 0.3) is 0 Å². The minimum absolute atomic E-state index is 0.0975. The van der Waals surface area contributed by atoms with Gasteiger partial charge in [-0.3, -0.25) is 4.79 Å². The number of likely N-dealkylation sites (N-methyl/N-ethyl adjacent to an activating group) is 1. The van der Waals surface area contributed by atoms with E-state index in [4.69, 9.17) is 18.0 Å². The second-order valence-corrected chi connectivity index (χ2v) is 6.09. The number of hydrogen-bond donors (Lipinski definition) is 1. The summed E-state index contributed by atoms with van der Waals surface area (Å²) in [6.07, 6.45) is 1.01. The van der Waals surface area contributed by atoms with Crippen LogP contribution in [0.5, 0.6) is 0 Å². The van der Waals surface area contributed by atoms with E-state index in [1.807, 2.05) is 18.7 Å². The van der Waals surface area contributed by atoms with Crippen molar-refractivity contribution in [1.29, 1.82) is 0 Å². The van der Waals surface area contributed by atoms with Crippen LogP contribution in [0.1, 0.15) is 27.2 Å². The molecule has 1 rings (SSSR count). The Bertz CT molecular complexity index is 319. The van der Waals surface area contributed by atoms with Gasteiger partial charge in [-0.1, -0.05) is 26.1 Å². The van der Waals surface area contributed by atoms with Gasteiger partial charge >= 0.3 is 0 Å². The smallest absolute Gasteiger partial charge is 0.233 e. The summed E-state index contributed by atoms with van der Waals surface area (Å²) in [5, 5.41) is 0. The van der Waals surface area contributed by atoms with Crippen LogP contribution in [0.4, 0.5) is 0 Å². The van der Waals surface area contributed by atoms with Gasteiger partial charge in [-0.25, -0.2) is 0 Å². The van der Waals surface area contributed by atoms with Crippen molar-refractivity contribution in [3.8, 4) is 0 Å². The van der Waals surface area contributed by atoms with Crippen LogP contribution in [0.2, 0.25) is 0 Å². The summed E-state index contributed by atoms with van der Waals surface area (Å²) in [6.45, 7) is 8.83. The van der Waals surface area contributed by atoms with Gasteiger partial charge in [-0.15, -0.1) is 0 Å². The van der Waals surface area contributed by atoms with Crippen molar-refractivity contribution in [2.45, 2.75) is 33.2 Å². The normalized spacial score (nSPS) is 23.8. The fourth-order valence-corrected chi connectivity index (χ4v) is 2.99. The number of nitrogens with two attached hydrogens (primary N) is 1. The molecule has 0 aromatic rings. The van der Waals surface area contributed by atoms with E-state index < -0.39 is 0 Å². The van der Waals surface area contributed by atoms with Crippen LogP contribution in [0.15, 0.2) is 0 Å². The summed E-state index contributed by atoms with van der Waals surface area (Å²) in [5.74, 6) is -0.0747. The fourth-order valence-electron chi connectivity index (χ4n) is 2.61. The van der Waals surface area contributed by atoms with Crippen molar-refractivity contribution in [2.24, 2.45) is 17.6 Å². The Morgan fingerprint density at radius 3 is 2.50 bits per heavy atom. The Labute approximate surface area is 115 Å². The van der Waals surface area contributed by atoms with Gasteiger partial charge in [0.1, 0.15) is 0 Å². The van der Waals surface area contributed by atoms with E-state index in [-0.39, 0.29) is 23.8 Å². The zero-order chi connectivity index (χ0) is 13.9. The molecular weight excluding hydrogens is 246 g/mol. The minimum Gasteiger partial charge on any atom is -0.393 e. The standard InChI is InChI=1S/C13H25N3OS/c1-9(2)11(12(14)18)13(17)16-7-5-6-15(4)8-10(16)3/h9-11H,5-8H2,1-4H3,(H2,14,18). The molecular formula is C13H25N3OS. The highest BCUT2D eigenvalue weighted by molar-refractivity contribution is 7.80. The summed E-state index contributed by atoms with van der Waals surface area (Å²) in [4.78, 5) is 17.1. The van der Waals surface area contributed by atoms with E-state index in [9.17, 15) is 4.79 Å². The first-order chi connectivity index (χ1) is 8.34. The molecule has 18 heavy (non-hydrogen) atoms. The van der Waals surface area contributed by atoms with Crippen LogP contribution in [-0.2, 0) is 4.79 Å². The molecule has 1 aliphatic rings. The third-order valence-corrected chi connectivity index (χ3v) is 3.82. The minimum atomic E-state index is -0.328. The monoisotopic (exact) mass is 271 g/mol. The summed E-state index contributed by atoms with van der Waals surface area (Å²) < 4.78 is 0. The zero-order valence-corrected chi connectivity index (χ0v) is 12.7. The van der Waals surface area contributed by atoms with Crippen LogP contribution in [0, 0.1) is 11.8 Å². The molecule has 104 valence electrons. The molecule has 0 aliphatic carbocycles. The molecule has 5 heteroatoms. The van der Waals surface area contributed by atoms with Crippen molar-refractivity contribution in [3.05, 3.63) is 0 Å². The fraction of sp³-hybridized carbons (Fsp3) is 0.846. The average molecular weight is 271 g/mol. The Morgan fingerprint density at radius 1 is 1.39 bits per heavy atom. The molecule has 0 saturated carbocycles. The number of rotatable bonds is 3. The highest BCUT2D eigenvalue weighted by atomic mass is 32.1. The molecule has 1 amide bonds. The zero-order valence-electron chi connectivity index (χ0n) is 11.8. The maximum atomic E-state index is 12.6. The van der Waals surface area contributed by atoms with Crippen molar-refractivity contribution >= 4 is 23.1 Å². The molecule has 0 spiro atoms. The van der Waals surface area contributed by atoms with Crippen molar-refractivity contribution < 1.29 is 4.79 Å².